The minimum atomic E-state index is -0.524. The van der Waals surface area contributed by atoms with E-state index in [-0.39, 0.29) is 27.6 Å². The first kappa shape index (κ1) is 24.6. The van der Waals surface area contributed by atoms with Gasteiger partial charge in [0.2, 0.25) is 0 Å². The monoisotopic (exact) mass is 724 g/mol. The van der Waals surface area contributed by atoms with Crippen LogP contribution in [0.5, 0.6) is 0 Å². The molecule has 0 bridgehead atoms. The Kier molecular flexibility index (Phi) is 5.74. The van der Waals surface area contributed by atoms with Crippen LogP contribution < -0.4 is 0 Å². The van der Waals surface area contributed by atoms with Crippen molar-refractivity contribution in [3.63, 3.8) is 0 Å². The van der Waals surface area contributed by atoms with E-state index in [4.69, 9.17) is 27.6 Å². The third kappa shape index (κ3) is 5.29. The fourth-order valence-corrected chi connectivity index (χ4v) is 7.54. The van der Waals surface area contributed by atoms with E-state index in [1.807, 2.05) is 140 Å². The number of benzene rings is 8. The highest BCUT2D eigenvalue weighted by atomic mass is 16.3. The largest absolute Gasteiger partial charge is 0.456 e. The molecule has 5 nitrogen and oxygen atoms in total. The quantitative estimate of drug-likeness (QED) is 0.171. The van der Waals surface area contributed by atoms with Crippen molar-refractivity contribution in [1.82, 2.24) is 19.5 Å². The Morgan fingerprint density at radius 2 is 0.982 bits per heavy atom. The van der Waals surface area contributed by atoms with Crippen molar-refractivity contribution >= 4 is 43.7 Å². The predicted octanol–water partition coefficient (Wildman–Crippen LogP) is 13.2. The highest BCUT2D eigenvalue weighted by Crippen LogP contribution is 2.42. The molecule has 262 valence electrons. The Morgan fingerprint density at radius 1 is 0.411 bits per heavy atom. The zero-order valence-electron chi connectivity index (χ0n) is 37.6. The summed E-state index contributed by atoms with van der Waals surface area (Å²) in [4.78, 5) is 15.0. The van der Waals surface area contributed by atoms with Gasteiger partial charge in [-0.15, -0.1) is 0 Å². The molecule has 0 aliphatic rings. The first-order valence-electron chi connectivity index (χ1n) is 22.1. The van der Waals surface area contributed by atoms with E-state index in [1.165, 1.54) is 4.57 Å². The number of rotatable bonds is 6. The Morgan fingerprint density at radius 3 is 1.62 bits per heavy atom. The third-order valence-electron chi connectivity index (χ3n) is 10.1. The van der Waals surface area contributed by atoms with Gasteiger partial charge >= 0.3 is 0 Å². The first-order chi connectivity index (χ1) is 31.1. The highest BCUT2D eigenvalue weighted by Gasteiger charge is 2.21. The molecule has 11 aromatic rings. The molecular formula is C51H32N4O. The van der Waals surface area contributed by atoms with Crippen molar-refractivity contribution in [2.75, 3.05) is 0 Å². The lowest BCUT2D eigenvalue weighted by Gasteiger charge is -2.16. The topological polar surface area (TPSA) is 56.7 Å². The fourth-order valence-electron chi connectivity index (χ4n) is 7.54. The molecule has 8 aromatic carbocycles. The van der Waals surface area contributed by atoms with E-state index < -0.39 is 48.3 Å². The zero-order chi connectivity index (χ0) is 44.0. The van der Waals surface area contributed by atoms with E-state index in [0.29, 0.717) is 39.6 Å². The summed E-state index contributed by atoms with van der Waals surface area (Å²) in [5, 5.41) is 1.66. The summed E-state index contributed by atoms with van der Waals surface area (Å²) < 4.78 is 80.0. The highest BCUT2D eigenvalue weighted by molar-refractivity contribution is 6.14. The van der Waals surface area contributed by atoms with Gasteiger partial charge in [0.05, 0.1) is 27.7 Å². The molecule has 5 heteroatoms. The van der Waals surface area contributed by atoms with Gasteiger partial charge in [-0.3, -0.25) is 0 Å². The lowest BCUT2D eigenvalue weighted by atomic mass is 9.96. The second kappa shape index (κ2) is 13.0. The summed E-state index contributed by atoms with van der Waals surface area (Å²) in [5.74, 6) is 0.997. The molecular weight excluding hydrogens is 685 g/mol. The van der Waals surface area contributed by atoms with E-state index in [0.717, 1.165) is 38.6 Å². The fraction of sp³-hybridized carbons (Fsp3) is 0. The second-order valence-electron chi connectivity index (χ2n) is 13.4. The average molecular weight is 725 g/mol. The smallest absolute Gasteiger partial charge is 0.166 e. The van der Waals surface area contributed by atoms with Crippen LogP contribution >= 0.6 is 0 Å². The van der Waals surface area contributed by atoms with Crippen LogP contribution in [0.2, 0.25) is 0 Å². The third-order valence-corrected chi connectivity index (χ3v) is 10.1. The van der Waals surface area contributed by atoms with Crippen molar-refractivity contribution in [1.29, 1.82) is 0 Å². The summed E-state index contributed by atoms with van der Waals surface area (Å²) in [7, 11) is 0. The van der Waals surface area contributed by atoms with Crippen molar-refractivity contribution in [3.8, 4) is 62.1 Å². The van der Waals surface area contributed by atoms with Crippen LogP contribution in [0.1, 0.15) is 11.0 Å². The Hall–Kier alpha value is -7.63. The van der Waals surface area contributed by atoms with Crippen LogP contribution in [0.4, 0.5) is 0 Å². The van der Waals surface area contributed by atoms with Crippen molar-refractivity contribution in [3.05, 3.63) is 194 Å². The number of aromatic nitrogens is 4. The molecule has 0 spiro atoms. The average Bonchev–Trinajstić information content (AvgIpc) is 3.91. The molecule has 0 aliphatic heterocycles. The van der Waals surface area contributed by atoms with Gasteiger partial charge in [-0.1, -0.05) is 152 Å². The van der Waals surface area contributed by atoms with Gasteiger partial charge < -0.3 is 8.98 Å². The number of furan rings is 1. The maximum Gasteiger partial charge on any atom is 0.166 e. The number of para-hydroxylation sites is 2. The molecule has 0 saturated carbocycles. The van der Waals surface area contributed by atoms with E-state index in [1.54, 1.807) is 0 Å². The van der Waals surface area contributed by atoms with Gasteiger partial charge in [-0.05, 0) is 64.7 Å². The van der Waals surface area contributed by atoms with E-state index >= 15 is 0 Å². The SMILES string of the molecule is [2H]c1c([2H])c([2H])c2c(c1[2H])c1c([2H])c([2H])c([2H])c([2H])c1n2-c1cc(-c2cccc3oc4cc(-c5ccccc5)ccc4c23)ccc1-c1nc(-c2ccccc2)nc(-c2ccccc2)n1. The molecule has 11 rings (SSSR count). The maximum absolute atomic E-state index is 9.36. The number of hydrogen-bond donors (Lipinski definition) is 0. The summed E-state index contributed by atoms with van der Waals surface area (Å²) in [6.45, 7) is 0. The molecule has 0 aliphatic carbocycles. The van der Waals surface area contributed by atoms with Gasteiger partial charge in [-0.25, -0.2) is 15.0 Å². The molecule has 0 N–H and O–H groups in total. The number of hydrogen-bond acceptors (Lipinski definition) is 4. The summed E-state index contributed by atoms with van der Waals surface area (Å²) >= 11 is 0. The van der Waals surface area contributed by atoms with Gasteiger partial charge in [-0.2, -0.15) is 0 Å². The normalized spacial score (nSPS) is 13.6. The minimum Gasteiger partial charge on any atom is -0.456 e. The van der Waals surface area contributed by atoms with Crippen molar-refractivity contribution in [2.45, 2.75) is 0 Å². The summed E-state index contributed by atoms with van der Waals surface area (Å²) in [6, 6.07) is 42.8. The Bertz CT molecular complexity index is 3570. The minimum absolute atomic E-state index is 0.0209. The predicted molar refractivity (Wildman–Crippen MR) is 229 cm³/mol. The molecule has 0 fully saturated rings. The van der Waals surface area contributed by atoms with Crippen LogP contribution in [0, 0.1) is 0 Å². The first-order valence-corrected chi connectivity index (χ1v) is 18.1. The van der Waals surface area contributed by atoms with Crippen molar-refractivity contribution in [2.24, 2.45) is 0 Å². The van der Waals surface area contributed by atoms with Crippen molar-refractivity contribution < 1.29 is 15.4 Å². The second-order valence-corrected chi connectivity index (χ2v) is 13.4. The van der Waals surface area contributed by atoms with E-state index in [9.17, 15) is 2.74 Å². The molecule has 0 atom stereocenters. The molecule has 0 saturated heterocycles. The maximum atomic E-state index is 9.36. The van der Waals surface area contributed by atoms with Gasteiger partial charge in [0.15, 0.2) is 17.5 Å². The lowest BCUT2D eigenvalue weighted by Crippen LogP contribution is -2.04. The van der Waals surface area contributed by atoms with Crippen LogP contribution in [-0.4, -0.2) is 19.5 Å². The van der Waals surface area contributed by atoms with E-state index in [2.05, 4.69) is 6.07 Å². The van der Waals surface area contributed by atoms with Crippen LogP contribution in [-0.2, 0) is 0 Å². The molecule has 3 aromatic heterocycles. The van der Waals surface area contributed by atoms with Crippen LogP contribution in [0.3, 0.4) is 0 Å². The van der Waals surface area contributed by atoms with Gasteiger partial charge in [0, 0.05) is 38.2 Å². The van der Waals surface area contributed by atoms with Gasteiger partial charge in [0.25, 0.3) is 0 Å². The standard InChI is InChI=1S/C51H32N4O/c1-4-15-33(16-5-1)36-27-30-42-47(32-36)56-46-26-14-23-38(48(42)46)37-28-29-41(45(31-37)55-43-24-12-10-21-39(43)40-22-11-13-25-44(40)55)51-53-49(34-17-6-2-7-18-34)52-50(54-51)35-19-8-3-9-20-35/h1-32H/i10D,11D,12D,13D,21D,22D,24D,25D. The Labute approximate surface area is 334 Å². The molecule has 56 heavy (non-hydrogen) atoms. The molecule has 0 radical (unpaired) electrons. The lowest BCUT2D eigenvalue weighted by molar-refractivity contribution is 0.669. The Balaban J connectivity index is 1.27. The zero-order valence-corrected chi connectivity index (χ0v) is 29.6. The summed E-state index contributed by atoms with van der Waals surface area (Å²) in [5.41, 5.74) is 7.04. The van der Waals surface area contributed by atoms with Crippen LogP contribution in [0.15, 0.2) is 198 Å². The van der Waals surface area contributed by atoms with Gasteiger partial charge in [0.1, 0.15) is 11.2 Å². The van der Waals surface area contributed by atoms with Crippen LogP contribution in [0.25, 0.3) is 106 Å². The summed E-state index contributed by atoms with van der Waals surface area (Å²) in [6.07, 6.45) is 0. The molecule has 0 unspecified atom stereocenters. The number of fused-ring (bicyclic) bond motifs is 6. The number of nitrogens with zero attached hydrogens (tertiary/aromatic N) is 4. The molecule has 0 amide bonds. The molecule has 3 heterocycles.